The van der Waals surface area contributed by atoms with E-state index in [0.717, 1.165) is 6.42 Å². The van der Waals surface area contributed by atoms with Crippen molar-refractivity contribution in [2.24, 2.45) is 0 Å². The molecular formula is C15H20O5. The minimum absolute atomic E-state index is 0.000565. The molecule has 0 aromatic heterocycles. The quantitative estimate of drug-likeness (QED) is 0.704. The van der Waals surface area contributed by atoms with Crippen LogP contribution in [-0.2, 0) is 4.79 Å². The molecular weight excluding hydrogens is 260 g/mol. The van der Waals surface area contributed by atoms with Crippen LogP contribution in [0, 0.1) is 0 Å². The van der Waals surface area contributed by atoms with E-state index in [4.69, 9.17) is 14.6 Å². The molecule has 0 saturated carbocycles. The van der Waals surface area contributed by atoms with Gasteiger partial charge >= 0.3 is 5.97 Å². The largest absolute Gasteiger partial charge is 0.493 e. The van der Waals surface area contributed by atoms with Crippen molar-refractivity contribution in [1.82, 2.24) is 0 Å². The van der Waals surface area contributed by atoms with Crippen molar-refractivity contribution in [3.05, 3.63) is 23.8 Å². The van der Waals surface area contributed by atoms with E-state index in [9.17, 15) is 9.59 Å². The Balaban J connectivity index is 2.71. The molecule has 20 heavy (non-hydrogen) atoms. The van der Waals surface area contributed by atoms with Crippen molar-refractivity contribution >= 4 is 11.8 Å². The number of carbonyl (C=O) groups is 2. The SMILES string of the molecule is CCCOc1ccc(C(=O)CCCC(=O)O)cc1OC. The topological polar surface area (TPSA) is 72.8 Å². The summed E-state index contributed by atoms with van der Waals surface area (Å²) in [5.41, 5.74) is 0.510. The van der Waals surface area contributed by atoms with Crippen LogP contribution in [0.15, 0.2) is 18.2 Å². The second kappa shape index (κ2) is 8.19. The summed E-state index contributed by atoms with van der Waals surface area (Å²) < 4.78 is 10.7. The first-order chi connectivity index (χ1) is 9.58. The minimum atomic E-state index is -0.890. The van der Waals surface area contributed by atoms with E-state index in [1.165, 1.54) is 7.11 Å². The van der Waals surface area contributed by atoms with Crippen LogP contribution in [0.2, 0.25) is 0 Å². The highest BCUT2D eigenvalue weighted by atomic mass is 16.5. The molecule has 0 heterocycles. The first-order valence-corrected chi connectivity index (χ1v) is 6.64. The third-order valence-corrected chi connectivity index (χ3v) is 2.74. The zero-order valence-electron chi connectivity index (χ0n) is 11.8. The van der Waals surface area contributed by atoms with Gasteiger partial charge in [-0.3, -0.25) is 9.59 Å². The van der Waals surface area contributed by atoms with Gasteiger partial charge in [0.05, 0.1) is 13.7 Å². The fourth-order valence-electron chi connectivity index (χ4n) is 1.72. The zero-order chi connectivity index (χ0) is 15.0. The molecule has 1 N–H and O–H groups in total. The predicted molar refractivity (Wildman–Crippen MR) is 74.6 cm³/mol. The summed E-state index contributed by atoms with van der Waals surface area (Å²) in [7, 11) is 1.52. The van der Waals surface area contributed by atoms with Gasteiger partial charge in [-0.15, -0.1) is 0 Å². The highest BCUT2D eigenvalue weighted by molar-refractivity contribution is 5.96. The van der Waals surface area contributed by atoms with Crippen LogP contribution in [0.25, 0.3) is 0 Å². The highest BCUT2D eigenvalue weighted by Gasteiger charge is 2.11. The molecule has 5 heteroatoms. The second-order valence-corrected chi connectivity index (χ2v) is 4.38. The number of benzene rings is 1. The second-order valence-electron chi connectivity index (χ2n) is 4.38. The Bertz CT molecular complexity index is 467. The van der Waals surface area contributed by atoms with Crippen LogP contribution in [0.4, 0.5) is 0 Å². The molecule has 0 atom stereocenters. The third kappa shape index (κ3) is 4.91. The number of rotatable bonds is 9. The van der Waals surface area contributed by atoms with Crippen LogP contribution < -0.4 is 9.47 Å². The van der Waals surface area contributed by atoms with Crippen LogP contribution >= 0.6 is 0 Å². The Labute approximate surface area is 118 Å². The van der Waals surface area contributed by atoms with Crippen molar-refractivity contribution in [3.8, 4) is 11.5 Å². The fourth-order valence-corrected chi connectivity index (χ4v) is 1.72. The van der Waals surface area contributed by atoms with Crippen LogP contribution in [-0.4, -0.2) is 30.6 Å². The van der Waals surface area contributed by atoms with Crippen molar-refractivity contribution in [2.45, 2.75) is 32.6 Å². The number of hydrogen-bond acceptors (Lipinski definition) is 4. The summed E-state index contributed by atoms with van der Waals surface area (Å²) in [5.74, 6) is 0.143. The molecule has 5 nitrogen and oxygen atoms in total. The van der Waals surface area contributed by atoms with Gasteiger partial charge in [-0.1, -0.05) is 6.92 Å². The minimum Gasteiger partial charge on any atom is -0.493 e. The Morgan fingerprint density at radius 2 is 1.95 bits per heavy atom. The van der Waals surface area contributed by atoms with Crippen LogP contribution in [0.1, 0.15) is 43.0 Å². The normalized spacial score (nSPS) is 10.1. The molecule has 1 rings (SSSR count). The van der Waals surface area contributed by atoms with E-state index in [1.807, 2.05) is 6.92 Å². The molecule has 0 bridgehead atoms. The lowest BCUT2D eigenvalue weighted by Gasteiger charge is -2.11. The van der Waals surface area contributed by atoms with Gasteiger partial charge in [0.1, 0.15) is 0 Å². The highest BCUT2D eigenvalue weighted by Crippen LogP contribution is 2.28. The molecule has 0 spiro atoms. The Morgan fingerprint density at radius 1 is 1.20 bits per heavy atom. The molecule has 0 amide bonds. The first-order valence-electron chi connectivity index (χ1n) is 6.64. The fraction of sp³-hybridized carbons (Fsp3) is 0.467. The van der Waals surface area contributed by atoms with Crippen LogP contribution in [0.3, 0.4) is 0 Å². The van der Waals surface area contributed by atoms with E-state index in [0.29, 0.717) is 30.1 Å². The molecule has 0 aliphatic carbocycles. The van der Waals surface area contributed by atoms with E-state index in [1.54, 1.807) is 18.2 Å². The molecule has 0 aliphatic rings. The number of ketones is 1. The van der Waals surface area contributed by atoms with Crippen LogP contribution in [0.5, 0.6) is 11.5 Å². The summed E-state index contributed by atoms with van der Waals surface area (Å²) in [6.07, 6.45) is 1.44. The summed E-state index contributed by atoms with van der Waals surface area (Å²) in [6, 6.07) is 5.02. The number of carbonyl (C=O) groups excluding carboxylic acids is 1. The van der Waals surface area contributed by atoms with Crippen molar-refractivity contribution < 1.29 is 24.2 Å². The Morgan fingerprint density at radius 3 is 2.55 bits per heavy atom. The Kier molecular flexibility index (Phi) is 6.56. The Hall–Kier alpha value is -2.04. The molecule has 0 fully saturated rings. The van der Waals surface area contributed by atoms with Gasteiger partial charge < -0.3 is 14.6 Å². The van der Waals surface area contributed by atoms with Crippen molar-refractivity contribution in [2.75, 3.05) is 13.7 Å². The van der Waals surface area contributed by atoms with Gasteiger partial charge in [0.2, 0.25) is 0 Å². The smallest absolute Gasteiger partial charge is 0.303 e. The van der Waals surface area contributed by atoms with Gasteiger partial charge in [0.25, 0.3) is 0 Å². The third-order valence-electron chi connectivity index (χ3n) is 2.74. The van der Waals surface area contributed by atoms with Gasteiger partial charge in [0, 0.05) is 18.4 Å². The lowest BCUT2D eigenvalue weighted by Crippen LogP contribution is -2.03. The zero-order valence-corrected chi connectivity index (χ0v) is 11.8. The van der Waals surface area contributed by atoms with Gasteiger partial charge in [0.15, 0.2) is 17.3 Å². The van der Waals surface area contributed by atoms with Crippen molar-refractivity contribution in [1.29, 1.82) is 0 Å². The van der Waals surface area contributed by atoms with Gasteiger partial charge in [-0.25, -0.2) is 0 Å². The standard InChI is InChI=1S/C15H20O5/c1-3-9-20-13-8-7-11(10-14(13)19-2)12(16)5-4-6-15(17)18/h7-8,10H,3-6,9H2,1-2H3,(H,17,18). The average Bonchev–Trinajstić information content (AvgIpc) is 2.44. The van der Waals surface area contributed by atoms with Gasteiger partial charge in [-0.2, -0.15) is 0 Å². The monoisotopic (exact) mass is 280 g/mol. The molecule has 1 aromatic rings. The van der Waals surface area contributed by atoms with E-state index in [-0.39, 0.29) is 18.6 Å². The maximum atomic E-state index is 11.9. The summed E-state index contributed by atoms with van der Waals surface area (Å²) in [6.45, 7) is 2.59. The lowest BCUT2D eigenvalue weighted by atomic mass is 10.0. The van der Waals surface area contributed by atoms with E-state index < -0.39 is 5.97 Å². The lowest BCUT2D eigenvalue weighted by molar-refractivity contribution is -0.137. The molecule has 0 aliphatic heterocycles. The summed E-state index contributed by atoms with van der Waals surface area (Å²) in [5, 5.41) is 8.55. The maximum absolute atomic E-state index is 11.9. The number of Topliss-reactive ketones (excluding diaryl/α,β-unsaturated/α-hetero) is 1. The molecule has 0 unspecified atom stereocenters. The number of ether oxygens (including phenoxy) is 2. The first kappa shape index (κ1) is 16.0. The molecule has 0 saturated heterocycles. The van der Waals surface area contributed by atoms with E-state index in [2.05, 4.69) is 0 Å². The van der Waals surface area contributed by atoms with E-state index >= 15 is 0 Å². The molecule has 110 valence electrons. The summed E-state index contributed by atoms with van der Waals surface area (Å²) in [4.78, 5) is 22.3. The number of methoxy groups -OCH3 is 1. The number of aliphatic carboxylic acids is 1. The van der Waals surface area contributed by atoms with Gasteiger partial charge in [-0.05, 0) is 31.0 Å². The maximum Gasteiger partial charge on any atom is 0.303 e. The predicted octanol–water partition coefficient (Wildman–Crippen LogP) is 2.92. The van der Waals surface area contributed by atoms with Crippen molar-refractivity contribution in [3.63, 3.8) is 0 Å². The number of carboxylic acid groups (broad SMARTS) is 1. The average molecular weight is 280 g/mol. The number of carboxylic acids is 1. The molecule has 1 aromatic carbocycles. The number of hydrogen-bond donors (Lipinski definition) is 1. The summed E-state index contributed by atoms with van der Waals surface area (Å²) >= 11 is 0. The molecule has 0 radical (unpaired) electrons.